The van der Waals surface area contributed by atoms with E-state index < -0.39 is 17.6 Å². The molecule has 0 radical (unpaired) electrons. The summed E-state index contributed by atoms with van der Waals surface area (Å²) >= 11 is 12.1. The van der Waals surface area contributed by atoms with E-state index in [0.717, 1.165) is 0 Å². The van der Waals surface area contributed by atoms with Gasteiger partial charge in [0.25, 0.3) is 5.91 Å². The molecule has 5 N–H and O–H groups in total. The molecule has 1 unspecified atom stereocenters. The molecule has 0 aliphatic carbocycles. The van der Waals surface area contributed by atoms with Gasteiger partial charge in [-0.25, -0.2) is 5.01 Å². The fourth-order valence-corrected chi connectivity index (χ4v) is 3.36. The third-order valence-electron chi connectivity index (χ3n) is 4.32. The van der Waals surface area contributed by atoms with E-state index in [9.17, 15) is 9.90 Å². The Morgan fingerprint density at radius 3 is 2.60 bits per heavy atom. The first kappa shape index (κ1) is 18.2. The number of hydrogen-bond acceptors (Lipinski definition) is 5. The second-order valence-electron chi connectivity index (χ2n) is 6.71. The molecule has 0 saturated carbocycles. The summed E-state index contributed by atoms with van der Waals surface area (Å²) in [6.45, 7) is 4.02. The fraction of sp³-hybridized carbons (Fsp3) is 0.375. The maximum Gasteiger partial charge on any atom is 0.252 e. The van der Waals surface area contributed by atoms with Gasteiger partial charge in [0.1, 0.15) is 5.69 Å². The van der Waals surface area contributed by atoms with Crippen LogP contribution in [0.4, 0.5) is 0 Å². The number of amides is 1. The van der Waals surface area contributed by atoms with Crippen LogP contribution in [-0.2, 0) is 6.54 Å². The van der Waals surface area contributed by atoms with Gasteiger partial charge < -0.3 is 10.8 Å². The molecule has 0 saturated heterocycles. The van der Waals surface area contributed by atoms with Crippen molar-refractivity contribution in [2.24, 2.45) is 11.6 Å². The van der Waals surface area contributed by atoms with Crippen LogP contribution < -0.4 is 11.6 Å². The van der Waals surface area contributed by atoms with Crippen LogP contribution in [0.5, 0.6) is 0 Å². The number of benzene rings is 1. The third-order valence-corrected chi connectivity index (χ3v) is 5.06. The maximum absolute atomic E-state index is 12.1. The minimum Gasteiger partial charge on any atom is -0.388 e. The largest absolute Gasteiger partial charge is 0.388 e. The van der Waals surface area contributed by atoms with E-state index in [4.69, 9.17) is 34.8 Å². The van der Waals surface area contributed by atoms with E-state index in [1.54, 1.807) is 36.7 Å². The molecule has 25 heavy (non-hydrogen) atoms. The summed E-state index contributed by atoms with van der Waals surface area (Å²) in [5.41, 5.74) is 6.36. The Bertz CT molecular complexity index is 844. The van der Waals surface area contributed by atoms with Crippen molar-refractivity contribution in [1.82, 2.24) is 14.8 Å². The summed E-state index contributed by atoms with van der Waals surface area (Å²) in [6, 6.07) is 4.54. The van der Waals surface area contributed by atoms with E-state index in [0.29, 0.717) is 40.1 Å². The molecular weight excluding hydrogens is 365 g/mol. The highest BCUT2D eigenvalue weighted by Crippen LogP contribution is 2.36. The van der Waals surface area contributed by atoms with E-state index in [1.807, 2.05) is 0 Å². The average molecular weight is 384 g/mol. The predicted molar refractivity (Wildman–Crippen MR) is 96.1 cm³/mol. The van der Waals surface area contributed by atoms with Crippen LogP contribution in [-0.4, -0.2) is 37.9 Å². The van der Waals surface area contributed by atoms with Crippen molar-refractivity contribution in [3.05, 3.63) is 39.5 Å². The van der Waals surface area contributed by atoms with Crippen molar-refractivity contribution in [2.45, 2.75) is 32.0 Å². The van der Waals surface area contributed by atoms with E-state index in [2.05, 4.69) is 5.10 Å². The minimum absolute atomic E-state index is 0.266. The Hall–Kier alpha value is -1.64. The Balaban J connectivity index is 2.24. The maximum atomic E-state index is 12.1. The summed E-state index contributed by atoms with van der Waals surface area (Å²) in [6.07, 6.45) is 0. The SMILES string of the molecule is CC(C)(O)C1CN(N)Cc2c(C(N)=O)c(-c3ccc(Cl)c(Cl)c3)nn21. The number of hydrogen-bond donors (Lipinski definition) is 3. The highest BCUT2D eigenvalue weighted by atomic mass is 35.5. The van der Waals surface area contributed by atoms with Crippen molar-refractivity contribution in [3.8, 4) is 11.3 Å². The molecule has 2 aromatic rings. The number of hydrazine groups is 1. The molecule has 1 amide bonds. The summed E-state index contributed by atoms with van der Waals surface area (Å²) in [5.74, 6) is 5.37. The van der Waals surface area contributed by atoms with Gasteiger partial charge in [0.15, 0.2) is 0 Å². The lowest BCUT2D eigenvalue weighted by Crippen LogP contribution is -2.49. The molecule has 0 spiro atoms. The van der Waals surface area contributed by atoms with Crippen LogP contribution in [0.2, 0.25) is 10.0 Å². The average Bonchev–Trinajstić information content (AvgIpc) is 2.87. The summed E-state index contributed by atoms with van der Waals surface area (Å²) < 4.78 is 1.64. The predicted octanol–water partition coefficient (Wildman–Crippen LogP) is 1.96. The van der Waals surface area contributed by atoms with Crippen LogP contribution in [0.15, 0.2) is 18.2 Å². The van der Waals surface area contributed by atoms with Gasteiger partial charge in [-0.3, -0.25) is 15.3 Å². The Morgan fingerprint density at radius 1 is 1.36 bits per heavy atom. The van der Waals surface area contributed by atoms with E-state index in [1.165, 1.54) is 5.01 Å². The quantitative estimate of drug-likeness (QED) is 0.701. The molecule has 1 aromatic heterocycles. The topological polar surface area (TPSA) is 110 Å². The van der Waals surface area contributed by atoms with Gasteiger partial charge in [0, 0.05) is 12.1 Å². The lowest BCUT2D eigenvalue weighted by molar-refractivity contribution is -0.0122. The number of carbonyl (C=O) groups is 1. The Kier molecular flexibility index (Phi) is 4.55. The molecule has 3 rings (SSSR count). The second kappa shape index (κ2) is 6.26. The first-order valence-corrected chi connectivity index (χ1v) is 8.43. The Labute approximate surface area is 155 Å². The summed E-state index contributed by atoms with van der Waals surface area (Å²) in [7, 11) is 0. The molecule has 0 fully saturated rings. The van der Waals surface area contributed by atoms with Crippen molar-refractivity contribution >= 4 is 29.1 Å². The first-order valence-electron chi connectivity index (χ1n) is 7.68. The molecular formula is C16H19Cl2N5O2. The zero-order chi connectivity index (χ0) is 18.5. The number of nitrogens with two attached hydrogens (primary N) is 2. The molecule has 2 heterocycles. The van der Waals surface area contributed by atoms with Gasteiger partial charge >= 0.3 is 0 Å². The van der Waals surface area contributed by atoms with Gasteiger partial charge in [-0.2, -0.15) is 5.10 Å². The van der Waals surface area contributed by atoms with Gasteiger partial charge in [-0.15, -0.1) is 0 Å². The van der Waals surface area contributed by atoms with Crippen molar-refractivity contribution < 1.29 is 9.90 Å². The first-order chi connectivity index (χ1) is 11.6. The van der Waals surface area contributed by atoms with Crippen LogP contribution in [0.3, 0.4) is 0 Å². The van der Waals surface area contributed by atoms with Crippen LogP contribution in [0, 0.1) is 0 Å². The molecule has 1 aliphatic heterocycles. The standard InChI is InChI=1S/C16H19Cl2N5O2/c1-16(2,25)12-7-22(20)6-11-13(15(19)24)14(21-23(11)12)8-3-4-9(17)10(18)5-8/h3-5,12,25H,6-7,20H2,1-2H3,(H2,19,24). The van der Waals surface area contributed by atoms with Crippen molar-refractivity contribution in [2.75, 3.05) is 6.54 Å². The summed E-state index contributed by atoms with van der Waals surface area (Å²) in [5, 5.41) is 17.3. The number of aliphatic hydroxyl groups is 1. The number of aromatic nitrogens is 2. The third kappa shape index (κ3) is 3.26. The fourth-order valence-electron chi connectivity index (χ4n) is 3.06. The molecule has 0 bridgehead atoms. The number of fused-ring (bicyclic) bond motifs is 1. The van der Waals surface area contributed by atoms with Crippen LogP contribution >= 0.6 is 23.2 Å². The van der Waals surface area contributed by atoms with Gasteiger partial charge in [-0.05, 0) is 26.0 Å². The number of rotatable bonds is 3. The van der Waals surface area contributed by atoms with Crippen LogP contribution in [0.25, 0.3) is 11.3 Å². The lowest BCUT2D eigenvalue weighted by Gasteiger charge is -2.37. The normalized spacial score (nSPS) is 18.2. The molecule has 7 nitrogen and oxygen atoms in total. The van der Waals surface area contributed by atoms with Gasteiger partial charge in [-0.1, -0.05) is 29.3 Å². The highest BCUT2D eigenvalue weighted by Gasteiger charge is 2.38. The Morgan fingerprint density at radius 2 is 2.04 bits per heavy atom. The van der Waals surface area contributed by atoms with Gasteiger partial charge in [0.2, 0.25) is 0 Å². The zero-order valence-corrected chi connectivity index (χ0v) is 15.3. The van der Waals surface area contributed by atoms with Crippen molar-refractivity contribution in [1.29, 1.82) is 0 Å². The molecule has 1 atom stereocenters. The van der Waals surface area contributed by atoms with Crippen molar-refractivity contribution in [3.63, 3.8) is 0 Å². The zero-order valence-electron chi connectivity index (χ0n) is 13.8. The van der Waals surface area contributed by atoms with Gasteiger partial charge in [0.05, 0.1) is 39.5 Å². The van der Waals surface area contributed by atoms with E-state index >= 15 is 0 Å². The summed E-state index contributed by atoms with van der Waals surface area (Å²) in [4.78, 5) is 12.1. The number of carbonyl (C=O) groups excluding carboxylic acids is 1. The molecule has 1 aliphatic rings. The number of nitrogens with zero attached hydrogens (tertiary/aromatic N) is 3. The smallest absolute Gasteiger partial charge is 0.252 e. The number of halogens is 2. The second-order valence-corrected chi connectivity index (χ2v) is 7.52. The molecule has 9 heteroatoms. The van der Waals surface area contributed by atoms with E-state index in [-0.39, 0.29) is 5.56 Å². The minimum atomic E-state index is -1.09. The molecule has 1 aromatic carbocycles. The lowest BCUT2D eigenvalue weighted by atomic mass is 9.96. The highest BCUT2D eigenvalue weighted by molar-refractivity contribution is 6.42. The monoisotopic (exact) mass is 383 g/mol. The molecule has 134 valence electrons. The number of primary amides is 1. The van der Waals surface area contributed by atoms with Crippen LogP contribution in [0.1, 0.15) is 35.9 Å².